The van der Waals surface area contributed by atoms with E-state index in [9.17, 15) is 9.59 Å². The Hall–Kier alpha value is -1.36. The minimum atomic E-state index is -0.573. The van der Waals surface area contributed by atoms with E-state index in [1.165, 1.54) is 0 Å². The van der Waals surface area contributed by atoms with Crippen molar-refractivity contribution in [2.45, 2.75) is 32.7 Å². The van der Waals surface area contributed by atoms with Crippen LogP contribution in [0, 0.1) is 0 Å². The van der Waals surface area contributed by atoms with Crippen LogP contribution < -0.4 is 11.1 Å². The van der Waals surface area contributed by atoms with Gasteiger partial charge in [0.05, 0.1) is 6.04 Å². The zero-order chi connectivity index (χ0) is 13.3. The number of carbonyl (C=O) groups excluding carboxylic acids is 2. The van der Waals surface area contributed by atoms with Crippen molar-refractivity contribution in [3.05, 3.63) is 12.7 Å². The maximum atomic E-state index is 11.6. The average molecular weight is 241 g/mol. The van der Waals surface area contributed by atoms with E-state index in [0.29, 0.717) is 32.5 Å². The lowest BCUT2D eigenvalue weighted by atomic mass is 10.2. The van der Waals surface area contributed by atoms with Crippen LogP contribution in [0.2, 0.25) is 0 Å². The van der Waals surface area contributed by atoms with Gasteiger partial charge >= 0.3 is 0 Å². The first kappa shape index (κ1) is 15.6. The summed E-state index contributed by atoms with van der Waals surface area (Å²) < 4.78 is 0. The van der Waals surface area contributed by atoms with Gasteiger partial charge in [0.15, 0.2) is 0 Å². The van der Waals surface area contributed by atoms with E-state index in [4.69, 9.17) is 5.73 Å². The predicted molar refractivity (Wildman–Crippen MR) is 68.3 cm³/mol. The number of rotatable bonds is 8. The highest BCUT2D eigenvalue weighted by Crippen LogP contribution is 1.93. The number of hydrogen-bond donors (Lipinski definition) is 2. The lowest BCUT2D eigenvalue weighted by Crippen LogP contribution is -2.42. The second kappa shape index (κ2) is 8.75. The highest BCUT2D eigenvalue weighted by atomic mass is 16.2. The molecule has 0 aromatic heterocycles. The number of amides is 2. The Balaban J connectivity index is 3.87. The number of nitrogens with one attached hydrogen (secondary N) is 1. The molecule has 0 aliphatic heterocycles. The second-order valence-corrected chi connectivity index (χ2v) is 3.74. The molecule has 2 amide bonds. The fraction of sp³-hybridized carbons (Fsp3) is 0.667. The molecule has 98 valence electrons. The SMILES string of the molecule is C=CCC(N)C(=O)NCCC(=O)N(CC)CC. The zero-order valence-electron chi connectivity index (χ0n) is 10.7. The van der Waals surface area contributed by atoms with Crippen molar-refractivity contribution in [1.29, 1.82) is 0 Å². The third kappa shape index (κ3) is 6.06. The molecule has 0 saturated heterocycles. The van der Waals surface area contributed by atoms with E-state index in [0.717, 1.165) is 0 Å². The first-order valence-corrected chi connectivity index (χ1v) is 5.98. The van der Waals surface area contributed by atoms with E-state index in [-0.39, 0.29) is 11.8 Å². The third-order valence-corrected chi connectivity index (χ3v) is 2.51. The summed E-state index contributed by atoms with van der Waals surface area (Å²) in [6, 6.07) is -0.573. The van der Waals surface area contributed by atoms with Crippen molar-refractivity contribution in [2.75, 3.05) is 19.6 Å². The van der Waals surface area contributed by atoms with Crippen molar-refractivity contribution < 1.29 is 9.59 Å². The van der Waals surface area contributed by atoms with Crippen molar-refractivity contribution in [2.24, 2.45) is 5.73 Å². The van der Waals surface area contributed by atoms with Gasteiger partial charge in [0.1, 0.15) is 0 Å². The predicted octanol–water partition coefficient (Wildman–Crippen LogP) is 0.265. The molecule has 17 heavy (non-hydrogen) atoms. The second-order valence-electron chi connectivity index (χ2n) is 3.74. The van der Waals surface area contributed by atoms with Crippen LogP contribution in [0.15, 0.2) is 12.7 Å². The van der Waals surface area contributed by atoms with Gasteiger partial charge in [-0.2, -0.15) is 0 Å². The molecule has 0 saturated carbocycles. The van der Waals surface area contributed by atoms with Gasteiger partial charge in [-0.15, -0.1) is 6.58 Å². The van der Waals surface area contributed by atoms with Crippen molar-refractivity contribution in [1.82, 2.24) is 10.2 Å². The van der Waals surface area contributed by atoms with Gasteiger partial charge < -0.3 is 16.0 Å². The van der Waals surface area contributed by atoms with Crippen molar-refractivity contribution in [3.63, 3.8) is 0 Å². The smallest absolute Gasteiger partial charge is 0.237 e. The molecular weight excluding hydrogens is 218 g/mol. The summed E-state index contributed by atoms with van der Waals surface area (Å²) in [4.78, 5) is 24.8. The van der Waals surface area contributed by atoms with Crippen molar-refractivity contribution >= 4 is 11.8 Å². The van der Waals surface area contributed by atoms with E-state index in [2.05, 4.69) is 11.9 Å². The molecule has 0 aromatic rings. The van der Waals surface area contributed by atoms with Gasteiger partial charge in [-0.3, -0.25) is 9.59 Å². The molecule has 5 nitrogen and oxygen atoms in total. The highest BCUT2D eigenvalue weighted by Gasteiger charge is 2.13. The molecule has 1 atom stereocenters. The first-order valence-electron chi connectivity index (χ1n) is 5.98. The molecule has 0 heterocycles. The lowest BCUT2D eigenvalue weighted by Gasteiger charge is -2.18. The lowest BCUT2D eigenvalue weighted by molar-refractivity contribution is -0.130. The molecule has 0 rings (SSSR count). The monoisotopic (exact) mass is 241 g/mol. The quantitative estimate of drug-likeness (QED) is 0.599. The summed E-state index contributed by atoms with van der Waals surface area (Å²) in [5.41, 5.74) is 5.58. The topological polar surface area (TPSA) is 75.4 Å². The molecule has 0 radical (unpaired) electrons. The van der Waals surface area contributed by atoms with Crippen LogP contribution in [0.4, 0.5) is 0 Å². The summed E-state index contributed by atoms with van der Waals surface area (Å²) in [7, 11) is 0. The number of nitrogens with two attached hydrogens (primary N) is 1. The van der Waals surface area contributed by atoms with Crippen LogP contribution in [-0.2, 0) is 9.59 Å². The Labute approximate surface area is 103 Å². The van der Waals surface area contributed by atoms with E-state index < -0.39 is 6.04 Å². The number of carbonyl (C=O) groups is 2. The van der Waals surface area contributed by atoms with Gasteiger partial charge in [-0.05, 0) is 20.3 Å². The van der Waals surface area contributed by atoms with E-state index in [1.807, 2.05) is 13.8 Å². The minimum Gasteiger partial charge on any atom is -0.354 e. The molecular formula is C12H23N3O2. The fourth-order valence-corrected chi connectivity index (χ4v) is 1.44. The summed E-state index contributed by atoms with van der Waals surface area (Å²) in [6.07, 6.45) is 2.36. The Kier molecular flexibility index (Phi) is 8.05. The fourth-order valence-electron chi connectivity index (χ4n) is 1.44. The van der Waals surface area contributed by atoms with Crippen LogP contribution in [0.5, 0.6) is 0 Å². The summed E-state index contributed by atoms with van der Waals surface area (Å²) in [5.74, 6) is -0.190. The van der Waals surface area contributed by atoms with Crippen LogP contribution in [0.1, 0.15) is 26.7 Å². The normalized spacial score (nSPS) is 11.7. The first-order chi connectivity index (χ1) is 8.06. The van der Waals surface area contributed by atoms with E-state index in [1.54, 1.807) is 11.0 Å². The van der Waals surface area contributed by atoms with Crippen LogP contribution >= 0.6 is 0 Å². The molecule has 0 aliphatic carbocycles. The Bertz CT molecular complexity index is 262. The Morgan fingerprint density at radius 3 is 2.47 bits per heavy atom. The molecule has 3 N–H and O–H groups in total. The standard InChI is InChI=1S/C12H23N3O2/c1-4-7-10(13)12(17)14-9-8-11(16)15(5-2)6-3/h4,10H,1,5-9,13H2,2-3H3,(H,14,17). The average Bonchev–Trinajstić information content (AvgIpc) is 2.30. The summed E-state index contributed by atoms with van der Waals surface area (Å²) in [6.45, 7) is 9.10. The van der Waals surface area contributed by atoms with Gasteiger partial charge in [0, 0.05) is 26.1 Å². The summed E-state index contributed by atoms with van der Waals surface area (Å²) in [5, 5.41) is 2.64. The molecule has 0 aliphatic rings. The molecule has 0 aromatic carbocycles. The van der Waals surface area contributed by atoms with Gasteiger partial charge in [0.2, 0.25) is 11.8 Å². The Morgan fingerprint density at radius 2 is 2.00 bits per heavy atom. The molecule has 0 bridgehead atoms. The molecule has 0 spiro atoms. The van der Waals surface area contributed by atoms with Gasteiger partial charge in [0.25, 0.3) is 0 Å². The maximum Gasteiger partial charge on any atom is 0.237 e. The number of hydrogen-bond acceptors (Lipinski definition) is 3. The molecule has 1 unspecified atom stereocenters. The third-order valence-electron chi connectivity index (χ3n) is 2.51. The Morgan fingerprint density at radius 1 is 1.41 bits per heavy atom. The maximum absolute atomic E-state index is 11.6. The number of nitrogens with zero attached hydrogens (tertiary/aromatic N) is 1. The van der Waals surface area contributed by atoms with Crippen molar-refractivity contribution in [3.8, 4) is 0 Å². The van der Waals surface area contributed by atoms with Crippen LogP contribution in [0.25, 0.3) is 0 Å². The zero-order valence-corrected chi connectivity index (χ0v) is 10.7. The van der Waals surface area contributed by atoms with E-state index >= 15 is 0 Å². The van der Waals surface area contributed by atoms with Crippen LogP contribution in [-0.4, -0.2) is 42.4 Å². The van der Waals surface area contributed by atoms with Gasteiger partial charge in [-0.1, -0.05) is 6.08 Å². The minimum absolute atomic E-state index is 0.0487. The van der Waals surface area contributed by atoms with Crippen LogP contribution in [0.3, 0.4) is 0 Å². The summed E-state index contributed by atoms with van der Waals surface area (Å²) >= 11 is 0. The molecule has 5 heteroatoms. The molecule has 0 fully saturated rings. The highest BCUT2D eigenvalue weighted by molar-refractivity contribution is 5.82. The largest absolute Gasteiger partial charge is 0.354 e. The van der Waals surface area contributed by atoms with Gasteiger partial charge in [-0.25, -0.2) is 0 Å².